The molecular formula is C28H29BIrN3-. The first kappa shape index (κ1) is 23.5. The standard InChI is InChI=1S/C28H29BN3.Ir/c1-19(2)24-17-22(21-11-7-6-8-12-21)18-25(20(3)4)27(24)29-31(5)26-14-10-9-13-23(26)28-30-15-16-32(28)29;/h6-12,14-20H,1-5H3;/q-1;. The molecule has 2 heterocycles. The molecule has 1 aliphatic heterocycles. The summed E-state index contributed by atoms with van der Waals surface area (Å²) in [7, 11) is 2.19. The molecule has 0 fully saturated rings. The van der Waals surface area contributed by atoms with Gasteiger partial charge in [0.05, 0.1) is 0 Å². The van der Waals surface area contributed by atoms with Crippen molar-refractivity contribution < 1.29 is 20.1 Å². The van der Waals surface area contributed by atoms with Gasteiger partial charge in [0.25, 0.3) is 0 Å². The van der Waals surface area contributed by atoms with Gasteiger partial charge in [0.2, 0.25) is 0 Å². The van der Waals surface area contributed by atoms with Crippen LogP contribution < -0.4 is 10.3 Å². The zero-order valence-electron chi connectivity index (χ0n) is 19.8. The van der Waals surface area contributed by atoms with E-state index >= 15 is 0 Å². The molecule has 33 heavy (non-hydrogen) atoms. The Morgan fingerprint density at radius 1 is 0.879 bits per heavy atom. The van der Waals surface area contributed by atoms with E-state index in [0.717, 1.165) is 11.4 Å². The number of aromatic nitrogens is 2. The first-order valence-corrected chi connectivity index (χ1v) is 11.5. The Kier molecular flexibility index (Phi) is 6.65. The normalized spacial score (nSPS) is 12.6. The zero-order chi connectivity index (χ0) is 22.4. The van der Waals surface area contributed by atoms with E-state index in [4.69, 9.17) is 4.98 Å². The SMILES string of the molecule is CC(C)c1cc(-c2ccccc2)cc(C(C)C)c1B1N(C)c2ccc[c-]c2-c2nccn21.[Ir]. The first-order chi connectivity index (χ1) is 15.5. The van der Waals surface area contributed by atoms with Gasteiger partial charge in [-0.05, 0) is 46.6 Å². The Labute approximate surface area is 211 Å². The van der Waals surface area contributed by atoms with Crippen molar-refractivity contribution in [2.75, 3.05) is 11.9 Å². The molecule has 1 radical (unpaired) electrons. The van der Waals surface area contributed by atoms with Crippen LogP contribution in [0.5, 0.6) is 0 Å². The van der Waals surface area contributed by atoms with Crippen molar-refractivity contribution >= 4 is 18.1 Å². The summed E-state index contributed by atoms with van der Waals surface area (Å²) in [5.74, 6) is 1.78. The first-order valence-electron chi connectivity index (χ1n) is 11.5. The maximum absolute atomic E-state index is 4.73. The van der Waals surface area contributed by atoms with Crippen molar-refractivity contribution in [2.45, 2.75) is 39.5 Å². The molecule has 1 aromatic heterocycles. The summed E-state index contributed by atoms with van der Waals surface area (Å²) in [5, 5.41) is 0. The van der Waals surface area contributed by atoms with E-state index in [0.29, 0.717) is 11.8 Å². The van der Waals surface area contributed by atoms with Crippen LogP contribution in [-0.4, -0.2) is 23.5 Å². The Morgan fingerprint density at radius 2 is 1.55 bits per heavy atom. The van der Waals surface area contributed by atoms with Crippen molar-refractivity contribution in [3.05, 3.63) is 90.3 Å². The average molecular weight is 611 g/mol. The van der Waals surface area contributed by atoms with Crippen molar-refractivity contribution in [3.8, 4) is 22.5 Å². The maximum Gasteiger partial charge on any atom is 0.399 e. The van der Waals surface area contributed by atoms with Crippen LogP contribution in [0.2, 0.25) is 0 Å². The predicted molar refractivity (Wildman–Crippen MR) is 136 cm³/mol. The molecule has 3 nitrogen and oxygen atoms in total. The van der Waals surface area contributed by atoms with Gasteiger partial charge in [-0.1, -0.05) is 81.4 Å². The van der Waals surface area contributed by atoms with Crippen LogP contribution in [0.4, 0.5) is 5.69 Å². The Balaban J connectivity index is 0.00000259. The molecular weight excluding hydrogens is 581 g/mol. The van der Waals surface area contributed by atoms with Gasteiger partial charge in [-0.15, -0.1) is 24.3 Å². The largest absolute Gasteiger partial charge is 0.436 e. The predicted octanol–water partition coefficient (Wildman–Crippen LogP) is 5.95. The molecule has 1 aliphatic rings. The van der Waals surface area contributed by atoms with Crippen LogP contribution in [0.1, 0.15) is 50.7 Å². The molecule has 0 amide bonds. The molecule has 4 aromatic rings. The van der Waals surface area contributed by atoms with Gasteiger partial charge >= 0.3 is 6.98 Å². The summed E-state index contributed by atoms with van der Waals surface area (Å²) in [6, 6.07) is 25.2. The van der Waals surface area contributed by atoms with E-state index in [1.165, 1.54) is 33.4 Å². The average Bonchev–Trinajstić information content (AvgIpc) is 3.29. The summed E-state index contributed by atoms with van der Waals surface area (Å²) >= 11 is 0. The molecule has 0 saturated heterocycles. The Morgan fingerprint density at radius 3 is 2.18 bits per heavy atom. The van der Waals surface area contributed by atoms with Crippen molar-refractivity contribution in [1.29, 1.82) is 0 Å². The van der Waals surface area contributed by atoms with Crippen LogP contribution in [0.15, 0.2) is 73.1 Å². The fourth-order valence-electron chi connectivity index (χ4n) is 5.01. The van der Waals surface area contributed by atoms with Crippen LogP contribution in [-0.2, 0) is 20.1 Å². The van der Waals surface area contributed by atoms with Crippen molar-refractivity contribution in [2.24, 2.45) is 0 Å². The quantitative estimate of drug-likeness (QED) is 0.210. The fourth-order valence-corrected chi connectivity index (χ4v) is 5.01. The Bertz CT molecular complexity index is 1230. The molecule has 169 valence electrons. The number of fused-ring (bicyclic) bond motifs is 3. The minimum Gasteiger partial charge on any atom is -0.436 e. The molecule has 0 spiro atoms. The number of rotatable bonds is 4. The molecule has 0 bridgehead atoms. The molecule has 3 aromatic carbocycles. The van der Waals surface area contributed by atoms with E-state index in [2.05, 4.69) is 111 Å². The molecule has 0 saturated carbocycles. The number of anilines is 1. The van der Waals surface area contributed by atoms with Crippen molar-refractivity contribution in [1.82, 2.24) is 9.46 Å². The number of nitrogens with zero attached hydrogens (tertiary/aromatic N) is 3. The molecule has 5 heteroatoms. The molecule has 0 aliphatic carbocycles. The minimum absolute atomic E-state index is 0. The zero-order valence-corrected chi connectivity index (χ0v) is 22.2. The van der Waals surface area contributed by atoms with Gasteiger partial charge in [-0.2, -0.15) is 0 Å². The van der Waals surface area contributed by atoms with Crippen LogP contribution >= 0.6 is 0 Å². The van der Waals surface area contributed by atoms with Crippen LogP contribution in [0.25, 0.3) is 22.5 Å². The summed E-state index contributed by atoms with van der Waals surface area (Å²) in [5.41, 5.74) is 8.99. The summed E-state index contributed by atoms with van der Waals surface area (Å²) in [6.45, 7) is 9.26. The minimum atomic E-state index is 0. The Hall–Kier alpha value is -2.62. The van der Waals surface area contributed by atoms with Crippen molar-refractivity contribution in [3.63, 3.8) is 0 Å². The topological polar surface area (TPSA) is 21.1 Å². The molecule has 0 atom stereocenters. The van der Waals surface area contributed by atoms with Crippen LogP contribution in [0.3, 0.4) is 0 Å². The van der Waals surface area contributed by atoms with Gasteiger partial charge in [-0.3, -0.25) is 4.98 Å². The van der Waals surface area contributed by atoms with Crippen LogP contribution in [0, 0.1) is 6.07 Å². The fraction of sp³-hybridized carbons (Fsp3) is 0.250. The van der Waals surface area contributed by atoms with Gasteiger partial charge in [0, 0.05) is 38.3 Å². The second-order valence-corrected chi connectivity index (χ2v) is 9.32. The van der Waals surface area contributed by atoms with E-state index < -0.39 is 0 Å². The van der Waals surface area contributed by atoms with E-state index in [1.54, 1.807) is 0 Å². The monoisotopic (exact) mass is 611 g/mol. The van der Waals surface area contributed by atoms with Gasteiger partial charge < -0.3 is 9.29 Å². The third kappa shape index (κ3) is 3.98. The van der Waals surface area contributed by atoms with Gasteiger partial charge in [-0.25, -0.2) is 0 Å². The third-order valence-corrected chi connectivity index (χ3v) is 6.59. The molecule has 0 unspecified atom stereocenters. The number of hydrogen-bond donors (Lipinski definition) is 0. The third-order valence-electron chi connectivity index (χ3n) is 6.59. The smallest absolute Gasteiger partial charge is 0.399 e. The maximum atomic E-state index is 4.73. The van der Waals surface area contributed by atoms with Gasteiger partial charge in [0.15, 0.2) is 0 Å². The van der Waals surface area contributed by atoms with Gasteiger partial charge in [0.1, 0.15) is 0 Å². The molecule has 5 rings (SSSR count). The number of imidazole rings is 1. The summed E-state index contributed by atoms with van der Waals surface area (Å²) < 4.78 is 2.31. The van der Waals surface area contributed by atoms with E-state index in [9.17, 15) is 0 Å². The second kappa shape index (κ2) is 9.33. The number of benzene rings is 3. The summed E-state index contributed by atoms with van der Waals surface area (Å²) in [6.07, 6.45) is 4.02. The van der Waals surface area contributed by atoms with E-state index in [-0.39, 0.29) is 27.1 Å². The summed E-state index contributed by atoms with van der Waals surface area (Å²) in [4.78, 5) is 7.11. The number of hydrogen-bond acceptors (Lipinski definition) is 2. The van der Waals surface area contributed by atoms with E-state index in [1.807, 2.05) is 12.3 Å². The second-order valence-electron chi connectivity index (χ2n) is 9.32. The molecule has 0 N–H and O–H groups in total.